The molecule has 1 aliphatic heterocycles. The number of hydrogen-bond donors (Lipinski definition) is 2. The van der Waals surface area contributed by atoms with Crippen LogP contribution in [0.25, 0.3) is 10.8 Å². The van der Waals surface area contributed by atoms with Crippen LogP contribution in [0.4, 0.5) is 5.69 Å². The van der Waals surface area contributed by atoms with Gasteiger partial charge < -0.3 is 15.4 Å². The number of fused-ring (bicyclic) bond motifs is 1. The van der Waals surface area contributed by atoms with Crippen LogP contribution in [-0.4, -0.2) is 56.1 Å². The van der Waals surface area contributed by atoms with E-state index in [0.717, 1.165) is 43.6 Å². The Kier molecular flexibility index (Phi) is 5.40. The summed E-state index contributed by atoms with van der Waals surface area (Å²) in [5.41, 5.74) is 0.640. The number of anilines is 1. The second-order valence-corrected chi connectivity index (χ2v) is 5.69. The number of nitrogens with zero attached hydrogens (tertiary/aromatic N) is 1. The van der Waals surface area contributed by atoms with Gasteiger partial charge in [-0.2, -0.15) is 0 Å². The van der Waals surface area contributed by atoms with Gasteiger partial charge in [-0.15, -0.1) is 0 Å². The molecule has 3 rings (SSSR count). The molecule has 2 amide bonds. The second-order valence-electron chi connectivity index (χ2n) is 5.69. The van der Waals surface area contributed by atoms with Crippen LogP contribution < -0.4 is 10.6 Å². The number of morpholine rings is 1. The molecular weight excluding hydrogens is 306 g/mol. The number of rotatable bonds is 4. The molecule has 0 unspecified atom stereocenters. The summed E-state index contributed by atoms with van der Waals surface area (Å²) in [5, 5.41) is 7.28. The summed E-state index contributed by atoms with van der Waals surface area (Å²) in [5.74, 6) is -1.26. The lowest BCUT2D eigenvalue weighted by molar-refractivity contribution is -0.136. The fourth-order valence-electron chi connectivity index (χ4n) is 2.75. The first-order chi connectivity index (χ1) is 11.7. The Balaban J connectivity index is 1.53. The Hall–Kier alpha value is -2.44. The van der Waals surface area contributed by atoms with Crippen molar-refractivity contribution in [3.63, 3.8) is 0 Å². The third kappa shape index (κ3) is 4.10. The highest BCUT2D eigenvalue weighted by atomic mass is 16.5. The van der Waals surface area contributed by atoms with E-state index in [2.05, 4.69) is 15.5 Å². The van der Waals surface area contributed by atoms with Gasteiger partial charge in [0.25, 0.3) is 0 Å². The number of hydrogen-bond acceptors (Lipinski definition) is 4. The lowest BCUT2D eigenvalue weighted by Gasteiger charge is -2.26. The molecule has 0 atom stereocenters. The smallest absolute Gasteiger partial charge is 0.313 e. The number of carbonyl (C=O) groups excluding carboxylic acids is 2. The lowest BCUT2D eigenvalue weighted by Crippen LogP contribution is -2.43. The molecule has 0 spiro atoms. The van der Waals surface area contributed by atoms with Crippen LogP contribution >= 0.6 is 0 Å². The normalized spacial score (nSPS) is 15.2. The molecule has 0 saturated carbocycles. The van der Waals surface area contributed by atoms with Crippen molar-refractivity contribution in [2.24, 2.45) is 0 Å². The van der Waals surface area contributed by atoms with Gasteiger partial charge in [0.15, 0.2) is 0 Å². The van der Waals surface area contributed by atoms with Crippen LogP contribution in [0.1, 0.15) is 0 Å². The Bertz CT molecular complexity index is 721. The van der Waals surface area contributed by atoms with Gasteiger partial charge in [-0.05, 0) is 11.5 Å². The van der Waals surface area contributed by atoms with E-state index in [-0.39, 0.29) is 0 Å². The SMILES string of the molecule is O=C(NCCN1CCOCC1)C(=O)Nc1cccc2ccccc12. The highest BCUT2D eigenvalue weighted by Gasteiger charge is 2.15. The topological polar surface area (TPSA) is 70.7 Å². The average molecular weight is 327 g/mol. The van der Waals surface area contributed by atoms with Gasteiger partial charge in [-0.25, -0.2) is 0 Å². The molecule has 1 saturated heterocycles. The molecule has 1 heterocycles. The number of nitrogens with one attached hydrogen (secondary N) is 2. The average Bonchev–Trinajstić information content (AvgIpc) is 2.63. The Labute approximate surface area is 140 Å². The van der Waals surface area contributed by atoms with Crippen LogP contribution in [0.5, 0.6) is 0 Å². The van der Waals surface area contributed by atoms with Crippen LogP contribution in [0, 0.1) is 0 Å². The Morgan fingerprint density at radius 2 is 1.75 bits per heavy atom. The molecule has 2 aromatic carbocycles. The van der Waals surface area contributed by atoms with Crippen molar-refractivity contribution in [1.29, 1.82) is 0 Å². The van der Waals surface area contributed by atoms with Gasteiger partial charge in [-0.1, -0.05) is 36.4 Å². The number of amides is 2. The van der Waals surface area contributed by atoms with E-state index in [9.17, 15) is 9.59 Å². The highest BCUT2D eigenvalue weighted by Crippen LogP contribution is 2.22. The van der Waals surface area contributed by atoms with Crippen molar-refractivity contribution in [2.75, 3.05) is 44.7 Å². The Morgan fingerprint density at radius 3 is 2.58 bits per heavy atom. The fraction of sp³-hybridized carbons (Fsp3) is 0.333. The minimum absolute atomic E-state index is 0.446. The second kappa shape index (κ2) is 7.90. The molecule has 0 bridgehead atoms. The van der Waals surface area contributed by atoms with Crippen molar-refractivity contribution >= 4 is 28.3 Å². The highest BCUT2D eigenvalue weighted by molar-refractivity contribution is 6.40. The van der Waals surface area contributed by atoms with Gasteiger partial charge in [0.05, 0.1) is 13.2 Å². The summed E-state index contributed by atoms with van der Waals surface area (Å²) in [6.45, 7) is 4.32. The lowest BCUT2D eigenvalue weighted by atomic mass is 10.1. The first-order valence-corrected chi connectivity index (χ1v) is 8.11. The summed E-state index contributed by atoms with van der Waals surface area (Å²) in [4.78, 5) is 26.2. The van der Waals surface area contributed by atoms with E-state index in [1.807, 2.05) is 36.4 Å². The quantitative estimate of drug-likeness (QED) is 0.829. The van der Waals surface area contributed by atoms with Gasteiger partial charge in [0, 0.05) is 37.3 Å². The van der Waals surface area contributed by atoms with E-state index < -0.39 is 11.8 Å². The number of ether oxygens (including phenoxy) is 1. The predicted molar refractivity (Wildman–Crippen MR) is 92.8 cm³/mol. The van der Waals surface area contributed by atoms with Crippen molar-refractivity contribution in [3.05, 3.63) is 42.5 Å². The van der Waals surface area contributed by atoms with Crippen molar-refractivity contribution < 1.29 is 14.3 Å². The molecule has 6 heteroatoms. The number of carbonyl (C=O) groups is 2. The molecular formula is C18H21N3O3. The van der Waals surface area contributed by atoms with Gasteiger partial charge >= 0.3 is 11.8 Å². The summed E-state index contributed by atoms with van der Waals surface area (Å²) < 4.78 is 5.27. The first-order valence-electron chi connectivity index (χ1n) is 8.11. The maximum absolute atomic E-state index is 12.1. The van der Waals surface area contributed by atoms with Crippen molar-refractivity contribution in [3.8, 4) is 0 Å². The third-order valence-corrected chi connectivity index (χ3v) is 4.06. The molecule has 6 nitrogen and oxygen atoms in total. The van der Waals surface area contributed by atoms with Crippen LogP contribution in [0.2, 0.25) is 0 Å². The zero-order chi connectivity index (χ0) is 16.8. The minimum atomic E-state index is -0.645. The zero-order valence-electron chi connectivity index (χ0n) is 13.5. The maximum atomic E-state index is 12.1. The first kappa shape index (κ1) is 16.4. The molecule has 1 fully saturated rings. The molecule has 24 heavy (non-hydrogen) atoms. The molecule has 1 aliphatic rings. The van der Waals surface area contributed by atoms with E-state index in [4.69, 9.17) is 4.74 Å². The van der Waals surface area contributed by atoms with Gasteiger partial charge in [0.1, 0.15) is 0 Å². The monoisotopic (exact) mass is 327 g/mol. The molecule has 0 radical (unpaired) electrons. The van der Waals surface area contributed by atoms with E-state index in [1.54, 1.807) is 6.07 Å². The standard InChI is InChI=1S/C18H21N3O3/c22-17(19-8-9-21-10-12-24-13-11-21)18(23)20-16-7-3-5-14-4-1-2-6-15(14)16/h1-7H,8-13H2,(H,19,22)(H,20,23). The minimum Gasteiger partial charge on any atom is -0.379 e. The molecule has 2 N–H and O–H groups in total. The fourth-order valence-corrected chi connectivity index (χ4v) is 2.75. The third-order valence-electron chi connectivity index (χ3n) is 4.06. The summed E-state index contributed by atoms with van der Waals surface area (Å²) in [6.07, 6.45) is 0. The van der Waals surface area contributed by atoms with Crippen LogP contribution in [0.3, 0.4) is 0 Å². The predicted octanol–water partition coefficient (Wildman–Crippen LogP) is 1.23. The van der Waals surface area contributed by atoms with Crippen LogP contribution in [-0.2, 0) is 14.3 Å². The summed E-state index contributed by atoms with van der Waals surface area (Å²) in [7, 11) is 0. The van der Waals surface area contributed by atoms with Gasteiger partial charge in [-0.3, -0.25) is 14.5 Å². The summed E-state index contributed by atoms with van der Waals surface area (Å²) >= 11 is 0. The van der Waals surface area contributed by atoms with E-state index in [1.165, 1.54) is 0 Å². The molecule has 0 aliphatic carbocycles. The van der Waals surface area contributed by atoms with E-state index in [0.29, 0.717) is 12.2 Å². The summed E-state index contributed by atoms with van der Waals surface area (Å²) in [6, 6.07) is 13.3. The number of benzene rings is 2. The zero-order valence-corrected chi connectivity index (χ0v) is 13.5. The molecule has 2 aromatic rings. The van der Waals surface area contributed by atoms with E-state index >= 15 is 0 Å². The molecule has 126 valence electrons. The van der Waals surface area contributed by atoms with Crippen LogP contribution in [0.15, 0.2) is 42.5 Å². The maximum Gasteiger partial charge on any atom is 0.313 e. The van der Waals surface area contributed by atoms with Crippen molar-refractivity contribution in [2.45, 2.75) is 0 Å². The van der Waals surface area contributed by atoms with Crippen molar-refractivity contribution in [1.82, 2.24) is 10.2 Å². The van der Waals surface area contributed by atoms with Gasteiger partial charge in [0.2, 0.25) is 0 Å². The molecule has 0 aromatic heterocycles. The Morgan fingerprint density at radius 1 is 1.00 bits per heavy atom. The largest absolute Gasteiger partial charge is 0.379 e.